The van der Waals surface area contributed by atoms with E-state index in [1.165, 1.54) is 6.42 Å². The van der Waals surface area contributed by atoms with Gasteiger partial charge in [-0.15, -0.1) is 0 Å². The summed E-state index contributed by atoms with van der Waals surface area (Å²) in [4.78, 5) is 41.4. The number of carbonyl (C=O) groups excluding carboxylic acids is 1. The molecule has 2 N–H and O–H groups in total. The number of hydrogen-bond acceptors (Lipinski definition) is 5. The number of carbonyl (C=O) groups is 1. The minimum absolute atomic E-state index is 0.0980. The van der Waals surface area contributed by atoms with Crippen molar-refractivity contribution in [3.8, 4) is 11.5 Å². The van der Waals surface area contributed by atoms with E-state index in [9.17, 15) is 14.4 Å². The zero-order chi connectivity index (χ0) is 23.1. The molecule has 172 valence electrons. The van der Waals surface area contributed by atoms with Gasteiger partial charge in [0.1, 0.15) is 0 Å². The second-order valence-electron chi connectivity index (χ2n) is 9.12. The van der Waals surface area contributed by atoms with Crippen molar-refractivity contribution in [1.29, 1.82) is 0 Å². The van der Waals surface area contributed by atoms with E-state index in [-0.39, 0.29) is 25.3 Å². The SMILES string of the molecule is C[C@H]1[C@H](C)CCC[C@H]1NC(=O)c1ccc2c(=O)n(Cc3ccc4c(c3)OCO4)c(=O)[nH]c2c1. The largest absolute Gasteiger partial charge is 0.454 e. The summed E-state index contributed by atoms with van der Waals surface area (Å²) in [6.07, 6.45) is 3.25. The van der Waals surface area contributed by atoms with Crippen LogP contribution in [0.2, 0.25) is 0 Å². The van der Waals surface area contributed by atoms with Gasteiger partial charge in [-0.25, -0.2) is 4.79 Å². The second-order valence-corrected chi connectivity index (χ2v) is 9.12. The number of hydrogen-bond donors (Lipinski definition) is 2. The van der Waals surface area contributed by atoms with Gasteiger partial charge in [-0.05, 0) is 54.2 Å². The minimum atomic E-state index is -0.530. The maximum atomic E-state index is 13.1. The first kappa shape index (κ1) is 21.3. The third-order valence-electron chi connectivity index (χ3n) is 7.05. The Hall–Kier alpha value is -3.55. The van der Waals surface area contributed by atoms with Crippen LogP contribution >= 0.6 is 0 Å². The Balaban J connectivity index is 1.41. The number of rotatable bonds is 4. The van der Waals surface area contributed by atoms with E-state index in [1.54, 1.807) is 36.4 Å². The van der Waals surface area contributed by atoms with Crippen LogP contribution in [0.15, 0.2) is 46.0 Å². The zero-order valence-corrected chi connectivity index (χ0v) is 18.7. The fraction of sp³-hybridized carbons (Fsp3) is 0.400. The van der Waals surface area contributed by atoms with Crippen LogP contribution in [0.5, 0.6) is 11.5 Å². The summed E-state index contributed by atoms with van der Waals surface area (Å²) >= 11 is 0. The Morgan fingerprint density at radius 2 is 1.91 bits per heavy atom. The molecule has 1 fully saturated rings. The first-order chi connectivity index (χ1) is 15.9. The molecule has 0 spiro atoms. The van der Waals surface area contributed by atoms with E-state index >= 15 is 0 Å². The Labute approximate surface area is 190 Å². The predicted octanol–water partition coefficient (Wildman–Crippen LogP) is 3.02. The fourth-order valence-electron chi connectivity index (χ4n) is 4.80. The number of fused-ring (bicyclic) bond motifs is 2. The summed E-state index contributed by atoms with van der Waals surface area (Å²) in [5.74, 6) is 2.02. The van der Waals surface area contributed by atoms with E-state index < -0.39 is 11.2 Å². The molecule has 3 aromatic rings. The highest BCUT2D eigenvalue weighted by atomic mass is 16.7. The highest BCUT2D eigenvalue weighted by Crippen LogP contribution is 2.32. The molecule has 2 aromatic carbocycles. The van der Waals surface area contributed by atoms with Crippen molar-refractivity contribution in [2.24, 2.45) is 11.8 Å². The molecule has 0 bridgehead atoms. The standard InChI is InChI=1S/C25H27N3O5/c1-14-4-3-5-19(15(14)2)26-23(29)17-7-8-18-20(11-17)27-25(31)28(24(18)30)12-16-6-9-21-22(10-16)33-13-32-21/h6-11,14-15,19H,3-5,12-13H2,1-2H3,(H,26,29)(H,27,31)/t14-,15+,19-/m1/s1. The Morgan fingerprint density at radius 1 is 1.09 bits per heavy atom. The molecule has 33 heavy (non-hydrogen) atoms. The molecule has 1 amide bonds. The monoisotopic (exact) mass is 449 g/mol. The van der Waals surface area contributed by atoms with Crippen molar-refractivity contribution >= 4 is 16.8 Å². The molecule has 5 rings (SSSR count). The zero-order valence-electron chi connectivity index (χ0n) is 18.7. The number of amides is 1. The molecule has 1 aliphatic carbocycles. The molecule has 8 heteroatoms. The van der Waals surface area contributed by atoms with Gasteiger partial charge in [0.2, 0.25) is 6.79 Å². The summed E-state index contributed by atoms with van der Waals surface area (Å²) in [6, 6.07) is 10.3. The molecule has 8 nitrogen and oxygen atoms in total. The third-order valence-corrected chi connectivity index (χ3v) is 7.05. The van der Waals surface area contributed by atoms with Crippen LogP contribution in [0.1, 0.15) is 49.0 Å². The van der Waals surface area contributed by atoms with Gasteiger partial charge in [0.15, 0.2) is 11.5 Å². The minimum Gasteiger partial charge on any atom is -0.454 e. The first-order valence-corrected chi connectivity index (χ1v) is 11.4. The van der Waals surface area contributed by atoms with Crippen molar-refractivity contribution in [3.63, 3.8) is 0 Å². The lowest BCUT2D eigenvalue weighted by atomic mass is 9.78. The van der Waals surface area contributed by atoms with Gasteiger partial charge in [0.05, 0.1) is 17.4 Å². The lowest BCUT2D eigenvalue weighted by Crippen LogP contribution is -2.43. The van der Waals surface area contributed by atoms with Crippen LogP contribution in [0.25, 0.3) is 10.9 Å². The Morgan fingerprint density at radius 3 is 2.76 bits per heavy atom. The first-order valence-electron chi connectivity index (χ1n) is 11.4. The van der Waals surface area contributed by atoms with E-state index in [0.717, 1.165) is 23.0 Å². The molecule has 0 radical (unpaired) electrons. The van der Waals surface area contributed by atoms with Gasteiger partial charge < -0.3 is 19.8 Å². The molecule has 1 aliphatic heterocycles. The van der Waals surface area contributed by atoms with Gasteiger partial charge in [-0.1, -0.05) is 32.8 Å². The summed E-state index contributed by atoms with van der Waals surface area (Å²) in [5.41, 5.74) is 0.588. The predicted molar refractivity (Wildman–Crippen MR) is 124 cm³/mol. The molecule has 0 unspecified atom stereocenters. The van der Waals surface area contributed by atoms with Crippen LogP contribution < -0.4 is 26.0 Å². The molecule has 1 aromatic heterocycles. The van der Waals surface area contributed by atoms with Gasteiger partial charge in [0, 0.05) is 11.6 Å². The lowest BCUT2D eigenvalue weighted by Gasteiger charge is -2.34. The summed E-state index contributed by atoms with van der Waals surface area (Å²) < 4.78 is 11.8. The number of H-pyrrole nitrogens is 1. The van der Waals surface area contributed by atoms with Crippen LogP contribution in [0, 0.1) is 11.8 Å². The molecule has 1 saturated carbocycles. The van der Waals surface area contributed by atoms with Gasteiger partial charge >= 0.3 is 5.69 Å². The maximum absolute atomic E-state index is 13.1. The molecule has 2 heterocycles. The molecule has 3 atom stereocenters. The number of nitrogens with zero attached hydrogens (tertiary/aromatic N) is 1. The van der Waals surface area contributed by atoms with Crippen LogP contribution in [0.3, 0.4) is 0 Å². The van der Waals surface area contributed by atoms with E-state index in [4.69, 9.17) is 9.47 Å². The average molecular weight is 450 g/mol. The van der Waals surface area contributed by atoms with Crippen molar-refractivity contribution in [2.75, 3.05) is 6.79 Å². The molecule has 0 saturated heterocycles. The molecule has 2 aliphatic rings. The summed E-state index contributed by atoms with van der Waals surface area (Å²) in [7, 11) is 0. The molecular weight excluding hydrogens is 422 g/mol. The lowest BCUT2D eigenvalue weighted by molar-refractivity contribution is 0.0891. The van der Waals surface area contributed by atoms with Gasteiger partial charge in [-0.2, -0.15) is 0 Å². The van der Waals surface area contributed by atoms with E-state index in [1.807, 2.05) is 0 Å². The normalized spacial score (nSPS) is 21.8. The number of aromatic amines is 1. The maximum Gasteiger partial charge on any atom is 0.329 e. The van der Waals surface area contributed by atoms with Crippen LogP contribution in [0.4, 0.5) is 0 Å². The molecular formula is C25H27N3O5. The highest BCUT2D eigenvalue weighted by molar-refractivity contribution is 5.97. The third kappa shape index (κ3) is 4.01. The Kier molecular flexibility index (Phi) is 5.44. The van der Waals surface area contributed by atoms with Crippen molar-refractivity contribution in [3.05, 3.63) is 68.4 Å². The van der Waals surface area contributed by atoms with Crippen LogP contribution in [-0.4, -0.2) is 28.3 Å². The Bertz CT molecular complexity index is 1340. The summed E-state index contributed by atoms with van der Waals surface area (Å²) in [5, 5.41) is 3.49. The topological polar surface area (TPSA) is 102 Å². The number of ether oxygens (including phenoxy) is 2. The smallest absolute Gasteiger partial charge is 0.329 e. The van der Waals surface area contributed by atoms with Gasteiger partial charge in [0.25, 0.3) is 11.5 Å². The quantitative estimate of drug-likeness (QED) is 0.638. The van der Waals surface area contributed by atoms with Crippen molar-refractivity contribution in [2.45, 2.75) is 45.7 Å². The second kappa shape index (κ2) is 8.42. The van der Waals surface area contributed by atoms with Crippen molar-refractivity contribution < 1.29 is 14.3 Å². The average Bonchev–Trinajstić information content (AvgIpc) is 3.27. The number of nitrogens with one attached hydrogen (secondary N) is 2. The number of aromatic nitrogens is 2. The van der Waals surface area contributed by atoms with Gasteiger partial charge in [-0.3, -0.25) is 14.2 Å². The van der Waals surface area contributed by atoms with Crippen molar-refractivity contribution in [1.82, 2.24) is 14.9 Å². The number of benzene rings is 2. The highest BCUT2D eigenvalue weighted by Gasteiger charge is 2.28. The fourth-order valence-corrected chi connectivity index (χ4v) is 4.80. The van der Waals surface area contributed by atoms with Crippen LogP contribution in [-0.2, 0) is 6.54 Å². The summed E-state index contributed by atoms with van der Waals surface area (Å²) in [6.45, 7) is 4.65. The van der Waals surface area contributed by atoms with E-state index in [2.05, 4.69) is 24.1 Å². The van der Waals surface area contributed by atoms with E-state index in [0.29, 0.717) is 39.8 Å².